The lowest BCUT2D eigenvalue weighted by atomic mass is 10.2. The molecule has 0 fully saturated rings. The Morgan fingerprint density at radius 3 is 2.38 bits per heavy atom. The van der Waals surface area contributed by atoms with Crippen molar-refractivity contribution in [3.63, 3.8) is 0 Å². The normalized spacial score (nSPS) is 16.3. The van der Waals surface area contributed by atoms with Crippen LogP contribution in [0.15, 0.2) is 35.4 Å². The molecule has 0 aromatic heterocycles. The van der Waals surface area contributed by atoms with Crippen molar-refractivity contribution in [2.75, 3.05) is 20.8 Å². The fourth-order valence-corrected chi connectivity index (χ4v) is 1.51. The Bertz CT molecular complexity index is 318. The molecule has 0 saturated heterocycles. The van der Waals surface area contributed by atoms with Gasteiger partial charge in [-0.3, -0.25) is 5.01 Å². The summed E-state index contributed by atoms with van der Waals surface area (Å²) in [5.41, 5.74) is 1.18. The molecule has 1 heterocycles. The van der Waals surface area contributed by atoms with Crippen molar-refractivity contribution in [1.82, 2.24) is 9.91 Å². The molecule has 0 atom stereocenters. The Morgan fingerprint density at radius 2 is 1.85 bits per heavy atom. The zero-order chi connectivity index (χ0) is 9.26. The van der Waals surface area contributed by atoms with Crippen molar-refractivity contribution in [1.29, 1.82) is 0 Å². The minimum Gasteiger partial charge on any atom is -0.339 e. The number of amidine groups is 1. The predicted molar refractivity (Wildman–Crippen MR) is 53.4 cm³/mol. The molecule has 0 unspecified atom stereocenters. The molecule has 1 aliphatic heterocycles. The summed E-state index contributed by atoms with van der Waals surface area (Å²) in [6.45, 7) is 0.865. The molecule has 3 heteroatoms. The van der Waals surface area contributed by atoms with Gasteiger partial charge in [0, 0.05) is 19.7 Å². The molecular formula is C10H13N3. The van der Waals surface area contributed by atoms with Gasteiger partial charge in [0.2, 0.25) is 0 Å². The minimum atomic E-state index is 0.865. The summed E-state index contributed by atoms with van der Waals surface area (Å²) in [5.74, 6) is 1.04. The van der Waals surface area contributed by atoms with E-state index in [2.05, 4.69) is 29.2 Å². The highest BCUT2D eigenvalue weighted by Gasteiger charge is 2.17. The second-order valence-electron chi connectivity index (χ2n) is 3.29. The van der Waals surface area contributed by atoms with E-state index in [1.54, 1.807) is 0 Å². The summed E-state index contributed by atoms with van der Waals surface area (Å²) < 4.78 is 0. The van der Waals surface area contributed by atoms with E-state index in [1.165, 1.54) is 5.56 Å². The topological polar surface area (TPSA) is 18.8 Å². The van der Waals surface area contributed by atoms with Gasteiger partial charge in [-0.15, -0.1) is 0 Å². The highest BCUT2D eigenvalue weighted by atomic mass is 15.6. The first kappa shape index (κ1) is 8.10. The summed E-state index contributed by atoms with van der Waals surface area (Å²) in [7, 11) is 4.03. The van der Waals surface area contributed by atoms with E-state index in [-0.39, 0.29) is 0 Å². The van der Waals surface area contributed by atoms with Gasteiger partial charge >= 0.3 is 0 Å². The van der Waals surface area contributed by atoms with E-state index in [0.717, 1.165) is 12.5 Å². The van der Waals surface area contributed by atoms with Gasteiger partial charge in [-0.2, -0.15) is 5.10 Å². The summed E-state index contributed by atoms with van der Waals surface area (Å²) in [5, 5.41) is 6.35. The maximum Gasteiger partial charge on any atom is 0.157 e. The average Bonchev–Trinajstić information content (AvgIpc) is 2.47. The third-order valence-electron chi connectivity index (χ3n) is 2.08. The molecule has 3 nitrogen and oxygen atoms in total. The second-order valence-corrected chi connectivity index (χ2v) is 3.29. The zero-order valence-corrected chi connectivity index (χ0v) is 7.94. The third-order valence-corrected chi connectivity index (χ3v) is 2.08. The predicted octanol–water partition coefficient (Wildman–Crippen LogP) is 1.18. The molecule has 0 radical (unpaired) electrons. The number of rotatable bonds is 1. The molecule has 0 aliphatic carbocycles. The lowest BCUT2D eigenvalue weighted by Crippen LogP contribution is -2.25. The van der Waals surface area contributed by atoms with Crippen molar-refractivity contribution in [2.45, 2.75) is 0 Å². The van der Waals surface area contributed by atoms with Crippen LogP contribution < -0.4 is 0 Å². The Morgan fingerprint density at radius 1 is 1.15 bits per heavy atom. The second kappa shape index (κ2) is 3.09. The lowest BCUT2D eigenvalue weighted by Gasteiger charge is -2.13. The molecule has 2 rings (SSSR count). The van der Waals surface area contributed by atoms with Crippen molar-refractivity contribution >= 4 is 5.84 Å². The Balaban J connectivity index is 2.32. The molecule has 1 aromatic carbocycles. The molecule has 1 aromatic rings. The van der Waals surface area contributed by atoms with Crippen LogP contribution in [0, 0.1) is 0 Å². The maximum absolute atomic E-state index is 4.42. The van der Waals surface area contributed by atoms with E-state index >= 15 is 0 Å². The first-order valence-corrected chi connectivity index (χ1v) is 4.33. The zero-order valence-electron chi connectivity index (χ0n) is 7.94. The largest absolute Gasteiger partial charge is 0.339 e. The van der Waals surface area contributed by atoms with Crippen LogP contribution in [0.3, 0.4) is 0 Å². The average molecular weight is 175 g/mol. The van der Waals surface area contributed by atoms with Crippen LogP contribution in [0.2, 0.25) is 0 Å². The van der Waals surface area contributed by atoms with E-state index in [9.17, 15) is 0 Å². The molecule has 13 heavy (non-hydrogen) atoms. The summed E-state index contributed by atoms with van der Waals surface area (Å²) >= 11 is 0. The number of hydrazone groups is 1. The van der Waals surface area contributed by atoms with Crippen LogP contribution in [0.1, 0.15) is 5.56 Å². The Labute approximate surface area is 78.3 Å². The monoisotopic (exact) mass is 175 g/mol. The van der Waals surface area contributed by atoms with E-state index < -0.39 is 0 Å². The van der Waals surface area contributed by atoms with Gasteiger partial charge in [0.25, 0.3) is 0 Å². The SMILES string of the molecule is CN1CN(C)C(c2ccccc2)=N1. The van der Waals surface area contributed by atoms with Crippen molar-refractivity contribution in [3.8, 4) is 0 Å². The van der Waals surface area contributed by atoms with Crippen LogP contribution in [-0.4, -0.2) is 36.5 Å². The van der Waals surface area contributed by atoms with E-state index in [0.29, 0.717) is 0 Å². The standard InChI is InChI=1S/C10H13N3/c1-12-8-13(2)11-10(12)9-6-4-3-5-7-9/h3-7H,8H2,1-2H3. The smallest absolute Gasteiger partial charge is 0.157 e. The first-order chi connectivity index (χ1) is 6.27. The molecule has 68 valence electrons. The minimum absolute atomic E-state index is 0.865. The number of benzene rings is 1. The van der Waals surface area contributed by atoms with Gasteiger partial charge in [0.05, 0.1) is 0 Å². The van der Waals surface area contributed by atoms with Crippen LogP contribution in [0.25, 0.3) is 0 Å². The van der Waals surface area contributed by atoms with Gasteiger partial charge in [0.1, 0.15) is 6.67 Å². The van der Waals surface area contributed by atoms with Crippen LogP contribution in [0.5, 0.6) is 0 Å². The molecule has 0 bridgehead atoms. The molecule has 0 spiro atoms. The fourth-order valence-electron chi connectivity index (χ4n) is 1.51. The van der Waals surface area contributed by atoms with Gasteiger partial charge in [-0.1, -0.05) is 30.3 Å². The van der Waals surface area contributed by atoms with Crippen LogP contribution >= 0.6 is 0 Å². The molecule has 0 saturated carbocycles. The number of hydrogen-bond donors (Lipinski definition) is 0. The molecule has 0 amide bonds. The van der Waals surface area contributed by atoms with E-state index in [1.807, 2.05) is 30.3 Å². The van der Waals surface area contributed by atoms with E-state index in [4.69, 9.17) is 0 Å². The van der Waals surface area contributed by atoms with Gasteiger partial charge < -0.3 is 4.90 Å². The fraction of sp³-hybridized carbons (Fsp3) is 0.300. The molecule has 0 N–H and O–H groups in total. The summed E-state index contributed by atoms with van der Waals surface area (Å²) in [6, 6.07) is 10.2. The highest BCUT2D eigenvalue weighted by Crippen LogP contribution is 2.10. The summed E-state index contributed by atoms with van der Waals surface area (Å²) in [4.78, 5) is 2.13. The molecular weight excluding hydrogens is 162 g/mol. The highest BCUT2D eigenvalue weighted by molar-refractivity contribution is 5.99. The maximum atomic E-state index is 4.42. The van der Waals surface area contributed by atoms with Crippen LogP contribution in [-0.2, 0) is 0 Å². The summed E-state index contributed by atoms with van der Waals surface area (Å²) in [6.07, 6.45) is 0. The van der Waals surface area contributed by atoms with Crippen molar-refractivity contribution in [2.24, 2.45) is 5.10 Å². The number of nitrogens with zero attached hydrogens (tertiary/aromatic N) is 3. The Hall–Kier alpha value is -1.51. The van der Waals surface area contributed by atoms with Crippen molar-refractivity contribution in [3.05, 3.63) is 35.9 Å². The number of hydrogen-bond acceptors (Lipinski definition) is 3. The lowest BCUT2D eigenvalue weighted by molar-refractivity contribution is 0.303. The van der Waals surface area contributed by atoms with Crippen molar-refractivity contribution < 1.29 is 0 Å². The van der Waals surface area contributed by atoms with Gasteiger partial charge in [-0.05, 0) is 0 Å². The van der Waals surface area contributed by atoms with Gasteiger partial charge in [-0.25, -0.2) is 0 Å². The first-order valence-electron chi connectivity index (χ1n) is 4.33. The third kappa shape index (κ3) is 1.49. The Kier molecular flexibility index (Phi) is 1.93. The quantitative estimate of drug-likeness (QED) is 0.638. The molecule has 1 aliphatic rings. The van der Waals surface area contributed by atoms with Gasteiger partial charge in [0.15, 0.2) is 5.84 Å². The van der Waals surface area contributed by atoms with Crippen LogP contribution in [0.4, 0.5) is 0 Å².